The van der Waals surface area contributed by atoms with Gasteiger partial charge in [-0.2, -0.15) is 0 Å². The van der Waals surface area contributed by atoms with Crippen molar-refractivity contribution in [3.8, 4) is 0 Å². The third-order valence-corrected chi connectivity index (χ3v) is 4.76. The van der Waals surface area contributed by atoms with E-state index in [1.165, 1.54) is 12.1 Å². The molecule has 122 valence electrons. The Hall–Kier alpha value is -1.71. The van der Waals surface area contributed by atoms with Crippen molar-refractivity contribution in [3.05, 3.63) is 28.3 Å². The van der Waals surface area contributed by atoms with Crippen molar-refractivity contribution in [1.82, 2.24) is 4.90 Å². The fourth-order valence-electron chi connectivity index (χ4n) is 2.55. The lowest BCUT2D eigenvalue weighted by Gasteiger charge is -2.24. The normalized spacial score (nSPS) is 16.5. The number of primary sulfonamides is 1. The third kappa shape index (κ3) is 3.73. The number of nitrogens with one attached hydrogen (secondary N) is 1. The summed E-state index contributed by atoms with van der Waals surface area (Å²) in [5, 5.41) is 19.3. The SMILES string of the molecule is CN(C)C(CNc1cccc(S(N)(=O)=O)c1[N+](=O)[O-])C1CC1. The molecule has 0 saturated heterocycles. The van der Waals surface area contributed by atoms with Crippen molar-refractivity contribution < 1.29 is 13.3 Å². The monoisotopic (exact) mass is 328 g/mol. The number of benzene rings is 1. The number of nitro benzene ring substituents is 1. The molecule has 0 bridgehead atoms. The number of anilines is 1. The van der Waals surface area contributed by atoms with Gasteiger partial charge in [-0.05, 0) is 45.0 Å². The van der Waals surface area contributed by atoms with E-state index in [-0.39, 0.29) is 11.7 Å². The van der Waals surface area contributed by atoms with E-state index in [1.54, 1.807) is 0 Å². The molecule has 1 fully saturated rings. The van der Waals surface area contributed by atoms with Gasteiger partial charge < -0.3 is 10.2 Å². The molecule has 0 radical (unpaired) electrons. The van der Waals surface area contributed by atoms with Crippen LogP contribution in [-0.4, -0.2) is 44.9 Å². The molecular formula is C13H20N4O4S. The molecule has 0 aromatic heterocycles. The molecule has 0 amide bonds. The van der Waals surface area contributed by atoms with Crippen LogP contribution in [0.4, 0.5) is 11.4 Å². The highest BCUT2D eigenvalue weighted by molar-refractivity contribution is 7.89. The summed E-state index contributed by atoms with van der Waals surface area (Å²) in [4.78, 5) is 12.1. The zero-order valence-corrected chi connectivity index (χ0v) is 13.3. The Morgan fingerprint density at radius 2 is 2.09 bits per heavy atom. The number of para-hydroxylation sites is 1. The lowest BCUT2D eigenvalue weighted by Crippen LogP contribution is -2.36. The van der Waals surface area contributed by atoms with E-state index in [2.05, 4.69) is 10.2 Å². The molecule has 1 unspecified atom stereocenters. The number of hydrogen-bond acceptors (Lipinski definition) is 6. The first-order valence-electron chi connectivity index (χ1n) is 6.92. The second-order valence-electron chi connectivity index (χ2n) is 5.70. The minimum absolute atomic E-state index is 0.170. The van der Waals surface area contributed by atoms with Gasteiger partial charge in [0.1, 0.15) is 5.69 Å². The van der Waals surface area contributed by atoms with E-state index in [0.29, 0.717) is 12.5 Å². The highest BCUT2D eigenvalue weighted by Crippen LogP contribution is 2.36. The Morgan fingerprint density at radius 3 is 2.55 bits per heavy atom. The summed E-state index contributed by atoms with van der Waals surface area (Å²) in [7, 11) is -0.236. The van der Waals surface area contributed by atoms with Crippen molar-refractivity contribution in [1.29, 1.82) is 0 Å². The van der Waals surface area contributed by atoms with Crippen LogP contribution in [0.15, 0.2) is 23.1 Å². The van der Waals surface area contributed by atoms with Crippen LogP contribution < -0.4 is 10.5 Å². The Balaban J connectivity index is 2.29. The largest absolute Gasteiger partial charge is 0.378 e. The fourth-order valence-corrected chi connectivity index (χ4v) is 3.27. The molecule has 8 nitrogen and oxygen atoms in total. The van der Waals surface area contributed by atoms with E-state index >= 15 is 0 Å². The van der Waals surface area contributed by atoms with Crippen LogP contribution >= 0.6 is 0 Å². The first kappa shape index (κ1) is 16.7. The number of hydrogen-bond donors (Lipinski definition) is 2. The molecular weight excluding hydrogens is 308 g/mol. The number of rotatable bonds is 7. The molecule has 2 rings (SSSR count). The quantitative estimate of drug-likeness (QED) is 0.569. The van der Waals surface area contributed by atoms with Gasteiger partial charge >= 0.3 is 5.69 Å². The lowest BCUT2D eigenvalue weighted by atomic mass is 10.1. The predicted molar refractivity (Wildman–Crippen MR) is 83.2 cm³/mol. The summed E-state index contributed by atoms with van der Waals surface area (Å²) < 4.78 is 23.0. The summed E-state index contributed by atoms with van der Waals surface area (Å²) in [5.74, 6) is 0.572. The maximum atomic E-state index is 11.5. The highest BCUT2D eigenvalue weighted by Gasteiger charge is 2.33. The van der Waals surface area contributed by atoms with Gasteiger partial charge in [0.2, 0.25) is 10.0 Å². The van der Waals surface area contributed by atoms with Crippen molar-refractivity contribution in [2.24, 2.45) is 11.1 Å². The topological polar surface area (TPSA) is 119 Å². The smallest absolute Gasteiger partial charge is 0.312 e. The minimum Gasteiger partial charge on any atom is -0.378 e. The molecule has 0 aliphatic heterocycles. The van der Waals surface area contributed by atoms with Crippen LogP contribution in [0.2, 0.25) is 0 Å². The summed E-state index contributed by atoms with van der Waals surface area (Å²) in [6, 6.07) is 4.32. The molecule has 0 heterocycles. The molecule has 9 heteroatoms. The van der Waals surface area contributed by atoms with E-state index in [0.717, 1.165) is 18.9 Å². The number of nitro groups is 1. The van der Waals surface area contributed by atoms with Gasteiger partial charge in [0.15, 0.2) is 4.90 Å². The van der Waals surface area contributed by atoms with E-state index in [1.807, 2.05) is 14.1 Å². The van der Waals surface area contributed by atoms with E-state index < -0.39 is 25.5 Å². The second-order valence-corrected chi connectivity index (χ2v) is 7.23. The van der Waals surface area contributed by atoms with Crippen LogP contribution in [-0.2, 0) is 10.0 Å². The van der Waals surface area contributed by atoms with Gasteiger partial charge in [0, 0.05) is 12.6 Å². The van der Waals surface area contributed by atoms with Gasteiger partial charge in [-0.1, -0.05) is 6.07 Å². The molecule has 3 N–H and O–H groups in total. The maximum Gasteiger partial charge on any atom is 0.312 e. The number of nitrogens with zero attached hydrogens (tertiary/aromatic N) is 2. The maximum absolute atomic E-state index is 11.5. The summed E-state index contributed by atoms with van der Waals surface area (Å²) >= 11 is 0. The first-order chi connectivity index (χ1) is 10.2. The number of likely N-dealkylation sites (N-methyl/N-ethyl adjacent to an activating group) is 1. The van der Waals surface area contributed by atoms with Crippen molar-refractivity contribution in [3.63, 3.8) is 0 Å². The predicted octanol–water partition coefficient (Wildman–Crippen LogP) is 0.994. The highest BCUT2D eigenvalue weighted by atomic mass is 32.2. The van der Waals surface area contributed by atoms with E-state index in [4.69, 9.17) is 5.14 Å². The summed E-state index contributed by atoms with van der Waals surface area (Å²) in [6.45, 7) is 0.507. The van der Waals surface area contributed by atoms with Crippen molar-refractivity contribution in [2.75, 3.05) is 26.0 Å². The Bertz CT molecular complexity index is 669. The van der Waals surface area contributed by atoms with Crippen LogP contribution in [0.5, 0.6) is 0 Å². The third-order valence-electron chi connectivity index (χ3n) is 3.82. The molecule has 1 aromatic rings. The molecule has 1 aliphatic carbocycles. The summed E-state index contributed by atoms with van der Waals surface area (Å²) in [5.41, 5.74) is -0.331. The first-order valence-corrected chi connectivity index (χ1v) is 8.47. The minimum atomic E-state index is -4.15. The van der Waals surface area contributed by atoms with Crippen LogP contribution in [0.25, 0.3) is 0 Å². The van der Waals surface area contributed by atoms with Crippen molar-refractivity contribution in [2.45, 2.75) is 23.8 Å². The average molecular weight is 328 g/mol. The van der Waals surface area contributed by atoms with Crippen LogP contribution in [0, 0.1) is 16.0 Å². The molecule has 1 saturated carbocycles. The molecule has 1 aliphatic rings. The van der Waals surface area contributed by atoms with Crippen LogP contribution in [0.1, 0.15) is 12.8 Å². The van der Waals surface area contributed by atoms with Gasteiger partial charge in [0.05, 0.1) is 4.92 Å². The standard InChI is InChI=1S/C13H20N4O4S/c1-16(2)11(9-6-7-9)8-15-10-4-3-5-12(22(14,20)21)13(10)17(18)19/h3-5,9,11,15H,6-8H2,1-2H3,(H2,14,20,21). The second kappa shape index (κ2) is 6.19. The number of nitrogens with two attached hydrogens (primary N) is 1. The van der Waals surface area contributed by atoms with E-state index in [9.17, 15) is 18.5 Å². The van der Waals surface area contributed by atoms with Gasteiger partial charge in [-0.25, -0.2) is 13.6 Å². The summed E-state index contributed by atoms with van der Waals surface area (Å²) in [6.07, 6.45) is 2.29. The molecule has 22 heavy (non-hydrogen) atoms. The van der Waals surface area contributed by atoms with Gasteiger partial charge in [-0.15, -0.1) is 0 Å². The Kier molecular flexibility index (Phi) is 4.69. The fraction of sp³-hybridized carbons (Fsp3) is 0.538. The van der Waals surface area contributed by atoms with Gasteiger partial charge in [-0.3, -0.25) is 10.1 Å². The Labute approximate surface area is 129 Å². The molecule has 1 aromatic carbocycles. The lowest BCUT2D eigenvalue weighted by molar-refractivity contribution is -0.386. The van der Waals surface area contributed by atoms with Crippen molar-refractivity contribution >= 4 is 21.4 Å². The molecule has 0 spiro atoms. The average Bonchev–Trinajstić information content (AvgIpc) is 3.21. The molecule has 1 atom stereocenters. The Morgan fingerprint density at radius 1 is 1.45 bits per heavy atom. The van der Waals surface area contributed by atoms with Gasteiger partial charge in [0.25, 0.3) is 0 Å². The van der Waals surface area contributed by atoms with Crippen LogP contribution in [0.3, 0.4) is 0 Å². The number of sulfonamides is 1. The zero-order valence-electron chi connectivity index (χ0n) is 12.5. The zero-order chi connectivity index (χ0) is 16.5.